The monoisotopic (exact) mass is 621 g/mol. The van der Waals surface area contributed by atoms with E-state index in [0.29, 0.717) is 0 Å². The zero-order valence-corrected chi connectivity index (χ0v) is 27.6. The van der Waals surface area contributed by atoms with Gasteiger partial charge < -0.3 is 4.90 Å². The van der Waals surface area contributed by atoms with Crippen molar-refractivity contribution in [2.75, 3.05) is 4.90 Å². The summed E-state index contributed by atoms with van der Waals surface area (Å²) in [4.78, 5) is 7.49. The molecule has 2 aliphatic carbocycles. The van der Waals surface area contributed by atoms with Crippen molar-refractivity contribution in [1.29, 1.82) is 0 Å². The van der Waals surface area contributed by atoms with Crippen LogP contribution in [0.2, 0.25) is 0 Å². The molecule has 5 aromatic carbocycles. The lowest BCUT2D eigenvalue weighted by molar-refractivity contribution is 0.929. The fourth-order valence-corrected chi connectivity index (χ4v) is 6.96. The highest BCUT2D eigenvalue weighted by molar-refractivity contribution is 5.85. The van der Waals surface area contributed by atoms with E-state index < -0.39 is 0 Å². The molecule has 0 saturated carbocycles. The topological polar surface area (TPSA) is 21.1 Å². The number of aromatic nitrogens is 2. The van der Waals surface area contributed by atoms with E-state index in [1.807, 2.05) is 0 Å². The fraction of sp³-hybridized carbons (Fsp3) is 0.133. The lowest BCUT2D eigenvalue weighted by Gasteiger charge is -2.30. The molecule has 0 N–H and O–H groups in total. The summed E-state index contributed by atoms with van der Waals surface area (Å²) in [6, 6.07) is 45.9. The van der Waals surface area contributed by atoms with Gasteiger partial charge in [0.15, 0.2) is 0 Å². The molecule has 0 radical (unpaired) electrons. The van der Waals surface area contributed by atoms with Crippen LogP contribution in [0, 0.1) is 13.8 Å². The highest BCUT2D eigenvalue weighted by Crippen LogP contribution is 2.38. The second-order valence-corrected chi connectivity index (χ2v) is 12.9. The molecular formula is C45H39N3. The normalized spacial score (nSPS) is 14.6. The van der Waals surface area contributed by atoms with Crippen LogP contribution in [0.25, 0.3) is 33.4 Å². The van der Waals surface area contributed by atoms with Gasteiger partial charge in [-0.1, -0.05) is 108 Å². The van der Waals surface area contributed by atoms with Gasteiger partial charge in [-0.25, -0.2) is 4.98 Å². The first-order valence-electron chi connectivity index (χ1n) is 17.0. The van der Waals surface area contributed by atoms with Gasteiger partial charge in [-0.15, -0.1) is 0 Å². The van der Waals surface area contributed by atoms with Crippen molar-refractivity contribution < 1.29 is 0 Å². The number of imidazole rings is 1. The summed E-state index contributed by atoms with van der Waals surface area (Å²) in [5, 5.41) is 0. The molecule has 1 heterocycles. The third-order valence-electron chi connectivity index (χ3n) is 9.64. The largest absolute Gasteiger partial charge is 0.314 e. The van der Waals surface area contributed by atoms with E-state index in [0.717, 1.165) is 48.2 Å². The highest BCUT2D eigenvalue weighted by atomic mass is 15.1. The summed E-state index contributed by atoms with van der Waals surface area (Å²) in [5.41, 5.74) is 16.2. The summed E-state index contributed by atoms with van der Waals surface area (Å²) >= 11 is 0. The van der Waals surface area contributed by atoms with Crippen LogP contribution in [0.4, 0.5) is 11.4 Å². The molecule has 8 rings (SSSR count). The molecule has 0 saturated heterocycles. The predicted octanol–water partition coefficient (Wildman–Crippen LogP) is 11.8. The van der Waals surface area contributed by atoms with Crippen molar-refractivity contribution in [3.8, 4) is 5.69 Å². The molecule has 1 aromatic heterocycles. The number of nitrogens with zero attached hydrogens (tertiary/aromatic N) is 3. The maximum atomic E-state index is 5.08. The van der Waals surface area contributed by atoms with E-state index in [1.54, 1.807) is 0 Å². The van der Waals surface area contributed by atoms with E-state index in [-0.39, 0.29) is 0 Å². The first-order chi connectivity index (χ1) is 23.6. The van der Waals surface area contributed by atoms with Crippen LogP contribution in [0.5, 0.6) is 0 Å². The molecule has 0 amide bonds. The molecule has 0 bridgehead atoms. The zero-order chi connectivity index (χ0) is 32.5. The van der Waals surface area contributed by atoms with Crippen molar-refractivity contribution in [3.63, 3.8) is 0 Å². The Morgan fingerprint density at radius 3 is 1.58 bits per heavy atom. The second-order valence-electron chi connectivity index (χ2n) is 12.9. The Balaban J connectivity index is 1.04. The minimum absolute atomic E-state index is 0.959. The summed E-state index contributed by atoms with van der Waals surface area (Å²) in [7, 11) is 0. The summed E-state index contributed by atoms with van der Waals surface area (Å²) in [6.07, 6.45) is 13.1. The van der Waals surface area contributed by atoms with E-state index in [9.17, 15) is 0 Å². The number of benzene rings is 5. The average molecular weight is 622 g/mol. The van der Waals surface area contributed by atoms with Crippen molar-refractivity contribution in [1.82, 2.24) is 9.55 Å². The van der Waals surface area contributed by atoms with Crippen LogP contribution in [-0.4, -0.2) is 9.55 Å². The Kier molecular flexibility index (Phi) is 7.95. The van der Waals surface area contributed by atoms with Crippen LogP contribution in [-0.2, 0) is 0 Å². The van der Waals surface area contributed by atoms with Gasteiger partial charge in [0.2, 0.25) is 0 Å². The van der Waals surface area contributed by atoms with E-state index >= 15 is 0 Å². The number of hydrogen-bond acceptors (Lipinski definition) is 2. The molecule has 0 atom stereocenters. The van der Waals surface area contributed by atoms with Gasteiger partial charge in [0.25, 0.3) is 0 Å². The number of allylic oxidation sites excluding steroid dienone is 8. The number of hydrogen-bond donors (Lipinski definition) is 0. The average Bonchev–Trinajstić information content (AvgIpc) is 3.54. The number of anilines is 2. The van der Waals surface area contributed by atoms with Crippen LogP contribution < -0.4 is 4.90 Å². The lowest BCUT2D eigenvalue weighted by Crippen LogP contribution is -2.17. The van der Waals surface area contributed by atoms with Gasteiger partial charge in [0.1, 0.15) is 5.82 Å². The molecule has 3 nitrogen and oxygen atoms in total. The van der Waals surface area contributed by atoms with Crippen molar-refractivity contribution in [3.05, 3.63) is 185 Å². The fourth-order valence-electron chi connectivity index (χ4n) is 6.96. The molecule has 2 aliphatic rings. The van der Waals surface area contributed by atoms with Crippen molar-refractivity contribution >= 4 is 39.1 Å². The van der Waals surface area contributed by atoms with Gasteiger partial charge in [0, 0.05) is 22.8 Å². The molecule has 48 heavy (non-hydrogen) atoms. The lowest BCUT2D eigenvalue weighted by atomic mass is 9.90. The first-order valence-corrected chi connectivity index (χ1v) is 17.0. The maximum absolute atomic E-state index is 5.08. The van der Waals surface area contributed by atoms with Crippen LogP contribution in [0.15, 0.2) is 157 Å². The van der Waals surface area contributed by atoms with Crippen LogP contribution in [0.3, 0.4) is 0 Å². The number of fused-ring (bicyclic) bond motifs is 1. The zero-order valence-electron chi connectivity index (χ0n) is 27.6. The molecule has 0 unspecified atom stereocenters. The van der Waals surface area contributed by atoms with Gasteiger partial charge >= 0.3 is 0 Å². The van der Waals surface area contributed by atoms with Crippen molar-refractivity contribution in [2.24, 2.45) is 0 Å². The van der Waals surface area contributed by atoms with Gasteiger partial charge in [0.05, 0.1) is 11.0 Å². The minimum Gasteiger partial charge on any atom is -0.314 e. The van der Waals surface area contributed by atoms with Crippen LogP contribution >= 0.6 is 0 Å². The highest BCUT2D eigenvalue weighted by Gasteiger charge is 2.20. The molecule has 6 aromatic rings. The molecule has 0 aliphatic heterocycles. The molecular weight excluding hydrogens is 583 g/mol. The Morgan fingerprint density at radius 1 is 0.500 bits per heavy atom. The molecule has 3 heteroatoms. The Labute approximate surface area is 283 Å². The van der Waals surface area contributed by atoms with E-state index in [1.165, 1.54) is 56.0 Å². The Bertz CT molecular complexity index is 2160. The van der Waals surface area contributed by atoms with Gasteiger partial charge in [-0.05, 0) is 122 Å². The first kappa shape index (κ1) is 29.7. The van der Waals surface area contributed by atoms with Crippen molar-refractivity contribution in [2.45, 2.75) is 39.5 Å². The summed E-state index contributed by atoms with van der Waals surface area (Å²) < 4.78 is 2.30. The second kappa shape index (κ2) is 12.8. The SMILES string of the molecule is Cc1ccc(N(C2=CC=C(c3ccc(C4=CC=C(c5nc6ccccc6n5-c5ccccc5)CC4)cc3)CC2)c2ccc(C)cc2)cc1. The third-order valence-corrected chi connectivity index (χ3v) is 9.64. The van der Waals surface area contributed by atoms with Crippen LogP contribution in [0.1, 0.15) is 53.8 Å². The molecule has 234 valence electrons. The summed E-state index contributed by atoms with van der Waals surface area (Å²) in [5.74, 6) is 1.04. The maximum Gasteiger partial charge on any atom is 0.141 e. The molecule has 0 spiro atoms. The minimum atomic E-state index is 0.959. The number of para-hydroxylation sites is 3. The standard InChI is InChI=1S/C45H39N3/c1-32-12-26-40(27-13-32)47(41-28-14-33(2)15-29-41)42-30-24-37(25-31-42)35-18-16-34(17-19-35)36-20-22-38(23-21-36)45-46-43-10-6-7-11-44(43)48(45)39-8-4-3-5-9-39/h3-20,22,24,26-30H,21,23,25,31H2,1-2H3. The molecule has 0 fully saturated rings. The smallest absolute Gasteiger partial charge is 0.141 e. The number of aryl methyl sites for hydroxylation is 2. The Hall–Kier alpha value is -5.67. The predicted molar refractivity (Wildman–Crippen MR) is 202 cm³/mol. The quantitative estimate of drug-likeness (QED) is 0.177. The Morgan fingerprint density at radius 2 is 1.02 bits per heavy atom. The number of rotatable bonds is 7. The third kappa shape index (κ3) is 5.84. The van der Waals surface area contributed by atoms with Gasteiger partial charge in [-0.2, -0.15) is 0 Å². The van der Waals surface area contributed by atoms with E-state index in [4.69, 9.17) is 4.98 Å². The summed E-state index contributed by atoms with van der Waals surface area (Å²) in [6.45, 7) is 4.28. The van der Waals surface area contributed by atoms with E-state index in [2.05, 4.69) is 175 Å². The van der Waals surface area contributed by atoms with Gasteiger partial charge in [-0.3, -0.25) is 4.57 Å².